The first kappa shape index (κ1) is 10.4. The van der Waals surface area contributed by atoms with Crippen LogP contribution in [0.25, 0.3) is 0 Å². The van der Waals surface area contributed by atoms with Crippen LogP contribution in [0.2, 0.25) is 0 Å². The number of rotatable bonds is 2. The Morgan fingerprint density at radius 3 is 3.07 bits per heavy atom. The van der Waals surface area contributed by atoms with Gasteiger partial charge in [0.1, 0.15) is 0 Å². The molecule has 2 heteroatoms. The number of nitrogens with zero attached hydrogens (tertiary/aromatic N) is 1. The van der Waals surface area contributed by atoms with E-state index in [1.165, 1.54) is 12.0 Å². The van der Waals surface area contributed by atoms with Crippen LogP contribution in [-0.2, 0) is 6.42 Å². The second-order valence-electron chi connectivity index (χ2n) is 4.14. The summed E-state index contributed by atoms with van der Waals surface area (Å²) in [6.45, 7) is 0. The van der Waals surface area contributed by atoms with Crippen molar-refractivity contribution in [1.82, 2.24) is 4.98 Å². The SMILES string of the molecule is OC1C=C(Cc2ccccn2)CCCC1. The largest absolute Gasteiger partial charge is 0.389 e. The molecule has 0 aromatic carbocycles. The molecule has 1 unspecified atom stereocenters. The van der Waals surface area contributed by atoms with Gasteiger partial charge in [0.05, 0.1) is 6.10 Å². The molecule has 2 nitrogen and oxygen atoms in total. The molecule has 0 radical (unpaired) electrons. The Kier molecular flexibility index (Phi) is 3.51. The number of aliphatic hydroxyl groups excluding tert-OH is 1. The van der Waals surface area contributed by atoms with Gasteiger partial charge < -0.3 is 5.11 Å². The molecule has 2 rings (SSSR count). The van der Waals surface area contributed by atoms with Crippen molar-refractivity contribution in [3.63, 3.8) is 0 Å². The molecule has 1 aromatic rings. The lowest BCUT2D eigenvalue weighted by Crippen LogP contribution is -2.01. The zero-order valence-corrected chi connectivity index (χ0v) is 8.89. The average molecular weight is 203 g/mol. The van der Waals surface area contributed by atoms with Crippen molar-refractivity contribution in [1.29, 1.82) is 0 Å². The second-order valence-corrected chi connectivity index (χ2v) is 4.14. The molecule has 0 bridgehead atoms. The van der Waals surface area contributed by atoms with Gasteiger partial charge in [-0.2, -0.15) is 0 Å². The lowest BCUT2D eigenvalue weighted by atomic mass is 10.0. The number of aliphatic hydroxyl groups is 1. The first-order chi connectivity index (χ1) is 7.34. The second kappa shape index (κ2) is 5.08. The molecule has 1 heterocycles. The lowest BCUT2D eigenvalue weighted by Gasteiger charge is -2.05. The molecule has 1 aliphatic rings. The van der Waals surface area contributed by atoms with Crippen LogP contribution in [0.15, 0.2) is 36.0 Å². The Morgan fingerprint density at radius 2 is 2.27 bits per heavy atom. The molecule has 0 aliphatic heterocycles. The predicted octanol–water partition coefficient (Wildman–Crippen LogP) is 2.49. The zero-order valence-electron chi connectivity index (χ0n) is 8.89. The Hall–Kier alpha value is -1.15. The molecule has 0 saturated heterocycles. The Bertz CT molecular complexity index is 332. The normalized spacial score (nSPS) is 21.9. The summed E-state index contributed by atoms with van der Waals surface area (Å²) in [5.41, 5.74) is 2.43. The highest BCUT2D eigenvalue weighted by Gasteiger charge is 2.09. The summed E-state index contributed by atoms with van der Waals surface area (Å²) >= 11 is 0. The Morgan fingerprint density at radius 1 is 1.33 bits per heavy atom. The molecule has 1 aliphatic carbocycles. The quantitative estimate of drug-likeness (QED) is 0.749. The molecule has 0 saturated carbocycles. The van der Waals surface area contributed by atoms with Crippen LogP contribution in [0.1, 0.15) is 31.4 Å². The minimum Gasteiger partial charge on any atom is -0.389 e. The van der Waals surface area contributed by atoms with E-state index in [4.69, 9.17) is 0 Å². The molecule has 0 amide bonds. The molecule has 0 fully saturated rings. The van der Waals surface area contributed by atoms with E-state index in [9.17, 15) is 5.11 Å². The van der Waals surface area contributed by atoms with Gasteiger partial charge in [-0.1, -0.05) is 24.1 Å². The molecule has 15 heavy (non-hydrogen) atoms. The number of hydrogen-bond donors (Lipinski definition) is 1. The fourth-order valence-corrected chi connectivity index (χ4v) is 2.03. The number of hydrogen-bond acceptors (Lipinski definition) is 2. The van der Waals surface area contributed by atoms with Gasteiger partial charge in [0.25, 0.3) is 0 Å². The van der Waals surface area contributed by atoms with E-state index in [0.29, 0.717) is 0 Å². The minimum absolute atomic E-state index is 0.244. The van der Waals surface area contributed by atoms with Gasteiger partial charge in [0.15, 0.2) is 0 Å². The smallest absolute Gasteiger partial charge is 0.0723 e. The van der Waals surface area contributed by atoms with Gasteiger partial charge in [-0.3, -0.25) is 4.98 Å². The van der Waals surface area contributed by atoms with Crippen LogP contribution in [0.4, 0.5) is 0 Å². The topological polar surface area (TPSA) is 33.1 Å². The Labute approximate surface area is 90.7 Å². The van der Waals surface area contributed by atoms with Crippen LogP contribution in [0.3, 0.4) is 0 Å². The van der Waals surface area contributed by atoms with E-state index >= 15 is 0 Å². The van der Waals surface area contributed by atoms with Crippen LogP contribution in [0, 0.1) is 0 Å². The minimum atomic E-state index is -0.244. The van der Waals surface area contributed by atoms with Crippen molar-refractivity contribution in [2.75, 3.05) is 0 Å². The van der Waals surface area contributed by atoms with E-state index in [2.05, 4.69) is 4.98 Å². The third-order valence-corrected chi connectivity index (χ3v) is 2.81. The van der Waals surface area contributed by atoms with Crippen molar-refractivity contribution < 1.29 is 5.11 Å². The maximum absolute atomic E-state index is 9.64. The average Bonchev–Trinajstić information content (AvgIpc) is 2.44. The van der Waals surface area contributed by atoms with E-state index < -0.39 is 0 Å². The summed E-state index contributed by atoms with van der Waals surface area (Å²) in [6.07, 6.45) is 8.81. The van der Waals surface area contributed by atoms with E-state index in [1.54, 1.807) is 0 Å². The summed E-state index contributed by atoms with van der Waals surface area (Å²) in [4.78, 5) is 4.31. The van der Waals surface area contributed by atoms with Crippen molar-refractivity contribution in [3.8, 4) is 0 Å². The highest BCUT2D eigenvalue weighted by molar-refractivity contribution is 5.17. The van der Waals surface area contributed by atoms with Gasteiger partial charge >= 0.3 is 0 Å². The van der Waals surface area contributed by atoms with Crippen molar-refractivity contribution in [2.24, 2.45) is 0 Å². The molecule has 1 aromatic heterocycles. The Balaban J connectivity index is 2.04. The first-order valence-electron chi connectivity index (χ1n) is 5.62. The van der Waals surface area contributed by atoms with Crippen LogP contribution in [0.5, 0.6) is 0 Å². The molecule has 1 N–H and O–H groups in total. The number of allylic oxidation sites excluding steroid dienone is 1. The van der Waals surface area contributed by atoms with Gasteiger partial charge in [-0.05, 0) is 31.4 Å². The third kappa shape index (κ3) is 3.17. The van der Waals surface area contributed by atoms with Crippen LogP contribution < -0.4 is 0 Å². The van der Waals surface area contributed by atoms with E-state index in [0.717, 1.165) is 31.4 Å². The van der Waals surface area contributed by atoms with Gasteiger partial charge in [-0.25, -0.2) is 0 Å². The molecular weight excluding hydrogens is 186 g/mol. The summed E-state index contributed by atoms with van der Waals surface area (Å²) in [5.74, 6) is 0. The first-order valence-corrected chi connectivity index (χ1v) is 5.62. The predicted molar refractivity (Wildman–Crippen MR) is 60.5 cm³/mol. The van der Waals surface area contributed by atoms with Crippen LogP contribution in [-0.4, -0.2) is 16.2 Å². The fraction of sp³-hybridized carbons (Fsp3) is 0.462. The number of aromatic nitrogens is 1. The van der Waals surface area contributed by atoms with Crippen LogP contribution >= 0.6 is 0 Å². The fourth-order valence-electron chi connectivity index (χ4n) is 2.03. The highest BCUT2D eigenvalue weighted by atomic mass is 16.3. The monoisotopic (exact) mass is 203 g/mol. The number of pyridine rings is 1. The molecule has 1 atom stereocenters. The third-order valence-electron chi connectivity index (χ3n) is 2.81. The van der Waals surface area contributed by atoms with E-state index in [-0.39, 0.29) is 6.10 Å². The summed E-state index contributed by atoms with van der Waals surface area (Å²) in [6, 6.07) is 5.98. The van der Waals surface area contributed by atoms with Gasteiger partial charge in [-0.15, -0.1) is 0 Å². The van der Waals surface area contributed by atoms with Crippen molar-refractivity contribution in [2.45, 2.75) is 38.2 Å². The van der Waals surface area contributed by atoms with Gasteiger partial charge in [0, 0.05) is 18.3 Å². The molecular formula is C13H17NO. The molecule has 80 valence electrons. The molecule has 0 spiro atoms. The summed E-state index contributed by atoms with van der Waals surface area (Å²) in [7, 11) is 0. The summed E-state index contributed by atoms with van der Waals surface area (Å²) < 4.78 is 0. The van der Waals surface area contributed by atoms with Gasteiger partial charge in [0.2, 0.25) is 0 Å². The van der Waals surface area contributed by atoms with E-state index in [1.807, 2.05) is 30.5 Å². The van der Waals surface area contributed by atoms with Crippen molar-refractivity contribution >= 4 is 0 Å². The maximum Gasteiger partial charge on any atom is 0.0723 e. The highest BCUT2D eigenvalue weighted by Crippen LogP contribution is 2.20. The lowest BCUT2D eigenvalue weighted by molar-refractivity contribution is 0.211. The maximum atomic E-state index is 9.64. The zero-order chi connectivity index (χ0) is 10.5. The standard InChI is InChI=1S/C13H17NO/c15-13-7-2-1-5-11(10-13)9-12-6-3-4-8-14-12/h3-4,6,8,10,13,15H,1-2,5,7,9H2. The summed E-state index contributed by atoms with van der Waals surface area (Å²) in [5, 5.41) is 9.64. The van der Waals surface area contributed by atoms with Crippen molar-refractivity contribution in [3.05, 3.63) is 41.7 Å².